The maximum atomic E-state index is 13.7. The molecule has 1 fully saturated rings. The topological polar surface area (TPSA) is 103 Å². The fraction of sp³-hybridized carbons (Fsp3) is 0.375. The first-order valence-electron chi connectivity index (χ1n) is 11.5. The van der Waals surface area contributed by atoms with Gasteiger partial charge >= 0.3 is 6.36 Å². The van der Waals surface area contributed by atoms with Crippen LogP contribution in [0.15, 0.2) is 58.5 Å². The van der Waals surface area contributed by atoms with E-state index >= 15 is 0 Å². The molecule has 1 aromatic heterocycles. The van der Waals surface area contributed by atoms with Crippen LogP contribution in [0.5, 0.6) is 11.5 Å². The van der Waals surface area contributed by atoms with E-state index in [4.69, 9.17) is 4.74 Å². The number of alkyl halides is 3. The Kier molecular flexibility index (Phi) is 7.56. The molecule has 2 heterocycles. The van der Waals surface area contributed by atoms with Crippen molar-refractivity contribution in [2.45, 2.75) is 35.9 Å². The highest BCUT2D eigenvalue weighted by molar-refractivity contribution is 7.92. The number of nitrogens with zero attached hydrogens (tertiary/aromatic N) is 2. The zero-order chi connectivity index (χ0) is 26.8. The van der Waals surface area contributed by atoms with Crippen molar-refractivity contribution < 1.29 is 39.5 Å². The zero-order valence-electron chi connectivity index (χ0n) is 19.9. The Hall–Kier alpha value is -3.06. The minimum Gasteiger partial charge on any atom is -0.494 e. The third-order valence-electron chi connectivity index (χ3n) is 5.86. The van der Waals surface area contributed by atoms with Gasteiger partial charge in [-0.05, 0) is 48.9 Å². The molecular weight excluding hydrogens is 533 g/mol. The molecule has 13 heteroatoms. The molecule has 3 aromatic rings. The quantitative estimate of drug-likeness (QED) is 0.376. The number of hydrogen-bond donors (Lipinski definition) is 0. The molecule has 1 aliphatic rings. The number of benzene rings is 2. The van der Waals surface area contributed by atoms with Crippen molar-refractivity contribution in [3.05, 3.63) is 48.7 Å². The SMILES string of the molecule is CCCCOc1ccc(S(=O)(=O)c2cnc3ccc(OC(F)(F)F)cc3c2N2CCS(=O)(=O)CC2)cc1. The molecule has 0 spiro atoms. The average Bonchev–Trinajstić information content (AvgIpc) is 2.83. The molecule has 0 amide bonds. The normalized spacial score (nSPS) is 16.1. The number of hydrogen-bond acceptors (Lipinski definition) is 8. The van der Waals surface area contributed by atoms with Crippen molar-refractivity contribution in [3.63, 3.8) is 0 Å². The Balaban J connectivity index is 1.82. The number of aromatic nitrogens is 1. The van der Waals surface area contributed by atoms with Crippen LogP contribution in [-0.4, -0.2) is 59.4 Å². The third kappa shape index (κ3) is 6.27. The molecule has 1 aliphatic heterocycles. The summed E-state index contributed by atoms with van der Waals surface area (Å²) in [5.41, 5.74) is 0.312. The van der Waals surface area contributed by atoms with Gasteiger partial charge in [0.25, 0.3) is 0 Å². The van der Waals surface area contributed by atoms with Crippen molar-refractivity contribution in [2.24, 2.45) is 0 Å². The largest absolute Gasteiger partial charge is 0.573 e. The van der Waals surface area contributed by atoms with Gasteiger partial charge in [-0.2, -0.15) is 0 Å². The summed E-state index contributed by atoms with van der Waals surface area (Å²) >= 11 is 0. The van der Waals surface area contributed by atoms with E-state index in [-0.39, 0.29) is 51.0 Å². The lowest BCUT2D eigenvalue weighted by molar-refractivity contribution is -0.274. The maximum Gasteiger partial charge on any atom is 0.573 e. The van der Waals surface area contributed by atoms with Gasteiger partial charge in [-0.3, -0.25) is 4.98 Å². The van der Waals surface area contributed by atoms with E-state index < -0.39 is 31.8 Å². The summed E-state index contributed by atoms with van der Waals surface area (Å²) in [6.45, 7) is 2.45. The van der Waals surface area contributed by atoms with E-state index in [2.05, 4.69) is 9.72 Å². The van der Waals surface area contributed by atoms with Gasteiger partial charge in [0.05, 0.1) is 34.2 Å². The van der Waals surface area contributed by atoms with E-state index in [0.29, 0.717) is 12.4 Å². The molecule has 0 radical (unpaired) electrons. The van der Waals surface area contributed by atoms with Crippen molar-refractivity contribution >= 4 is 36.3 Å². The second-order valence-electron chi connectivity index (χ2n) is 8.51. The van der Waals surface area contributed by atoms with Crippen molar-refractivity contribution in [1.82, 2.24) is 4.98 Å². The molecule has 37 heavy (non-hydrogen) atoms. The number of rotatable bonds is 8. The van der Waals surface area contributed by atoms with Crippen LogP contribution in [0, 0.1) is 0 Å². The van der Waals surface area contributed by atoms with Gasteiger partial charge in [0.15, 0.2) is 9.84 Å². The van der Waals surface area contributed by atoms with Gasteiger partial charge in [0, 0.05) is 24.7 Å². The predicted molar refractivity (Wildman–Crippen MR) is 132 cm³/mol. The highest BCUT2D eigenvalue weighted by Crippen LogP contribution is 2.39. The first-order valence-corrected chi connectivity index (χ1v) is 14.8. The number of unbranched alkanes of at least 4 members (excludes halogenated alkanes) is 1. The number of anilines is 1. The average molecular weight is 559 g/mol. The van der Waals surface area contributed by atoms with Gasteiger partial charge in [-0.1, -0.05) is 13.3 Å². The summed E-state index contributed by atoms with van der Waals surface area (Å²) in [5, 5.41) is 0.0987. The molecule has 0 aliphatic carbocycles. The van der Waals surface area contributed by atoms with Crippen LogP contribution in [0.25, 0.3) is 10.9 Å². The standard InChI is InChI=1S/C24H25F3N2O6S2/c1-2-3-12-34-17-4-7-19(8-5-17)37(32,33)22-16-28-21-9-6-18(35-24(25,26)27)15-20(21)23(22)29-10-13-36(30,31)14-11-29/h4-9,15-16H,2-3,10-14H2,1H3. The number of halogens is 3. The molecule has 4 rings (SSSR count). The Morgan fingerprint density at radius 2 is 1.68 bits per heavy atom. The van der Waals surface area contributed by atoms with Crippen LogP contribution in [0.4, 0.5) is 18.9 Å². The summed E-state index contributed by atoms with van der Waals surface area (Å²) in [7, 11) is -7.52. The van der Waals surface area contributed by atoms with Gasteiger partial charge < -0.3 is 14.4 Å². The fourth-order valence-electron chi connectivity index (χ4n) is 3.97. The van der Waals surface area contributed by atoms with Gasteiger partial charge in [0.2, 0.25) is 9.84 Å². The molecule has 0 bridgehead atoms. The second-order valence-corrected chi connectivity index (χ2v) is 12.7. The first kappa shape index (κ1) is 27.0. The molecule has 2 aromatic carbocycles. The summed E-state index contributed by atoms with van der Waals surface area (Å²) in [6, 6.07) is 9.26. The Morgan fingerprint density at radius 1 is 1.03 bits per heavy atom. The highest BCUT2D eigenvalue weighted by atomic mass is 32.2. The summed E-state index contributed by atoms with van der Waals surface area (Å²) in [5.74, 6) is -0.493. The van der Waals surface area contributed by atoms with Crippen LogP contribution >= 0.6 is 0 Å². The highest BCUT2D eigenvalue weighted by Gasteiger charge is 2.33. The van der Waals surface area contributed by atoms with Crippen molar-refractivity contribution in [1.29, 1.82) is 0 Å². The first-order chi connectivity index (χ1) is 17.4. The molecule has 1 saturated heterocycles. The number of sulfone groups is 2. The molecule has 0 unspecified atom stereocenters. The molecule has 0 atom stereocenters. The molecule has 200 valence electrons. The van der Waals surface area contributed by atoms with Crippen LogP contribution in [0.3, 0.4) is 0 Å². The van der Waals surface area contributed by atoms with Crippen LogP contribution in [-0.2, 0) is 19.7 Å². The molecule has 8 nitrogen and oxygen atoms in total. The van der Waals surface area contributed by atoms with Crippen molar-refractivity contribution in [2.75, 3.05) is 36.1 Å². The second kappa shape index (κ2) is 10.4. The summed E-state index contributed by atoms with van der Waals surface area (Å²) < 4.78 is 99.7. The lowest BCUT2D eigenvalue weighted by Crippen LogP contribution is -2.41. The maximum absolute atomic E-state index is 13.7. The van der Waals surface area contributed by atoms with Gasteiger partial charge in [0.1, 0.15) is 16.4 Å². The predicted octanol–water partition coefficient (Wildman–Crippen LogP) is 4.38. The van der Waals surface area contributed by atoms with E-state index in [0.717, 1.165) is 31.2 Å². The van der Waals surface area contributed by atoms with Crippen LogP contribution < -0.4 is 14.4 Å². The number of fused-ring (bicyclic) bond motifs is 1. The Bertz CT molecular complexity index is 1480. The Labute approximate surface area is 212 Å². The number of pyridine rings is 1. The van der Waals surface area contributed by atoms with E-state index in [1.54, 1.807) is 4.90 Å². The molecule has 0 N–H and O–H groups in total. The van der Waals surface area contributed by atoms with E-state index in [9.17, 15) is 30.0 Å². The van der Waals surface area contributed by atoms with Crippen LogP contribution in [0.2, 0.25) is 0 Å². The van der Waals surface area contributed by atoms with Crippen molar-refractivity contribution in [3.8, 4) is 11.5 Å². The van der Waals surface area contributed by atoms with E-state index in [1.807, 2.05) is 6.92 Å². The molecule has 0 saturated carbocycles. The lowest BCUT2D eigenvalue weighted by atomic mass is 10.1. The Morgan fingerprint density at radius 3 is 2.30 bits per heavy atom. The fourth-order valence-corrected chi connectivity index (χ4v) is 6.61. The smallest absolute Gasteiger partial charge is 0.494 e. The van der Waals surface area contributed by atoms with Crippen LogP contribution in [0.1, 0.15) is 19.8 Å². The summed E-state index contributed by atoms with van der Waals surface area (Å²) in [4.78, 5) is 5.42. The monoisotopic (exact) mass is 558 g/mol. The zero-order valence-corrected chi connectivity index (χ0v) is 21.5. The van der Waals surface area contributed by atoms with Gasteiger partial charge in [-0.15, -0.1) is 13.2 Å². The van der Waals surface area contributed by atoms with Gasteiger partial charge in [-0.25, -0.2) is 16.8 Å². The van der Waals surface area contributed by atoms with E-state index in [1.165, 1.54) is 30.3 Å². The number of ether oxygens (including phenoxy) is 2. The summed E-state index contributed by atoms with van der Waals surface area (Å²) in [6.07, 6.45) is -2.02. The minimum absolute atomic E-state index is 0.0292. The minimum atomic E-state index is -4.95. The third-order valence-corrected chi connectivity index (χ3v) is 9.24. The lowest BCUT2D eigenvalue weighted by Gasteiger charge is -2.31. The molecular formula is C24H25F3N2O6S2.